The summed E-state index contributed by atoms with van der Waals surface area (Å²) in [5.74, 6) is 2.76. The molecule has 1 N–H and O–H groups in total. The molecular formula is C25H34ClN5O2. The van der Waals surface area contributed by atoms with Crippen molar-refractivity contribution in [3.8, 4) is 17.1 Å². The summed E-state index contributed by atoms with van der Waals surface area (Å²) in [6.45, 7) is 9.08. The lowest BCUT2D eigenvalue weighted by Crippen LogP contribution is -2.45. The molecule has 33 heavy (non-hydrogen) atoms. The number of anilines is 1. The highest BCUT2D eigenvalue weighted by Crippen LogP contribution is 2.33. The zero-order chi connectivity index (χ0) is 22.2. The molecule has 178 valence electrons. The lowest BCUT2D eigenvalue weighted by Gasteiger charge is -2.29. The van der Waals surface area contributed by atoms with Crippen molar-refractivity contribution in [1.29, 1.82) is 0 Å². The molecule has 2 aromatic heterocycles. The van der Waals surface area contributed by atoms with Gasteiger partial charge in [0.25, 0.3) is 0 Å². The molecule has 2 aliphatic heterocycles. The number of aromatic nitrogens is 3. The summed E-state index contributed by atoms with van der Waals surface area (Å²) in [7, 11) is 1.71. The van der Waals surface area contributed by atoms with Crippen LogP contribution >= 0.6 is 12.4 Å². The zero-order valence-electron chi connectivity index (χ0n) is 19.8. The summed E-state index contributed by atoms with van der Waals surface area (Å²) in [6.07, 6.45) is 4.65. The van der Waals surface area contributed by atoms with Gasteiger partial charge in [-0.2, -0.15) is 0 Å². The van der Waals surface area contributed by atoms with Crippen LogP contribution in [0.25, 0.3) is 22.4 Å². The van der Waals surface area contributed by atoms with Gasteiger partial charge in [0.1, 0.15) is 22.9 Å². The Bertz CT molecular complexity index is 1080. The zero-order valence-corrected chi connectivity index (χ0v) is 20.6. The minimum Gasteiger partial charge on any atom is -0.494 e. The predicted molar refractivity (Wildman–Crippen MR) is 135 cm³/mol. The van der Waals surface area contributed by atoms with Crippen molar-refractivity contribution in [2.75, 3.05) is 25.1 Å². The summed E-state index contributed by atoms with van der Waals surface area (Å²) in [6, 6.07) is 11.3. The minimum atomic E-state index is 0. The third-order valence-corrected chi connectivity index (χ3v) is 6.79. The lowest BCUT2D eigenvalue weighted by atomic mass is 10.2. The molecule has 0 bridgehead atoms. The molecule has 0 unspecified atom stereocenters. The third kappa shape index (κ3) is 4.54. The monoisotopic (exact) mass is 471 g/mol. The number of nitrogens with one attached hydrogen (secondary N) is 1. The molecule has 8 heteroatoms. The lowest BCUT2D eigenvalue weighted by molar-refractivity contribution is -0.0342. The van der Waals surface area contributed by atoms with E-state index in [0.717, 1.165) is 47.1 Å². The van der Waals surface area contributed by atoms with Gasteiger partial charge in [-0.25, -0.2) is 9.97 Å². The van der Waals surface area contributed by atoms with Gasteiger partial charge in [0.15, 0.2) is 0 Å². The Labute approximate surface area is 201 Å². The first-order chi connectivity index (χ1) is 15.5. The highest BCUT2D eigenvalue weighted by Gasteiger charge is 2.28. The second kappa shape index (κ2) is 9.87. The fraction of sp³-hybridized carbons (Fsp3) is 0.520. The van der Waals surface area contributed by atoms with Crippen molar-refractivity contribution in [2.24, 2.45) is 0 Å². The summed E-state index contributed by atoms with van der Waals surface area (Å²) in [4.78, 5) is 12.3. The third-order valence-electron chi connectivity index (χ3n) is 6.79. The van der Waals surface area contributed by atoms with E-state index in [1.807, 2.05) is 24.4 Å². The van der Waals surface area contributed by atoms with E-state index >= 15 is 0 Å². The Kier molecular flexibility index (Phi) is 7.12. The largest absolute Gasteiger partial charge is 0.494 e. The van der Waals surface area contributed by atoms with E-state index in [2.05, 4.69) is 47.7 Å². The number of halogens is 1. The molecule has 3 aromatic rings. The average Bonchev–Trinajstić information content (AvgIpc) is 3.33. The van der Waals surface area contributed by atoms with Gasteiger partial charge in [0, 0.05) is 36.9 Å². The Morgan fingerprint density at radius 1 is 1.09 bits per heavy atom. The van der Waals surface area contributed by atoms with Gasteiger partial charge < -0.3 is 24.3 Å². The van der Waals surface area contributed by atoms with Crippen LogP contribution in [0.5, 0.6) is 5.75 Å². The van der Waals surface area contributed by atoms with E-state index < -0.39 is 0 Å². The van der Waals surface area contributed by atoms with Gasteiger partial charge in [0.05, 0.1) is 31.4 Å². The molecule has 2 aliphatic rings. The summed E-state index contributed by atoms with van der Waals surface area (Å²) < 4.78 is 14.1. The van der Waals surface area contributed by atoms with E-state index in [1.54, 1.807) is 7.11 Å². The Balaban J connectivity index is 0.00000259. The molecular weight excluding hydrogens is 438 g/mol. The van der Waals surface area contributed by atoms with Gasteiger partial charge in [-0.05, 0) is 57.9 Å². The van der Waals surface area contributed by atoms with Crippen LogP contribution in [0.15, 0.2) is 36.5 Å². The molecule has 7 nitrogen and oxygen atoms in total. The van der Waals surface area contributed by atoms with E-state index in [0.29, 0.717) is 18.6 Å². The Hall–Kier alpha value is -2.35. The number of fused-ring (bicyclic) bond motifs is 1. The average molecular weight is 472 g/mol. The first-order valence-corrected chi connectivity index (χ1v) is 11.7. The fourth-order valence-corrected chi connectivity index (χ4v) is 5.22. The molecule has 4 heterocycles. The van der Waals surface area contributed by atoms with Crippen LogP contribution in [0.1, 0.15) is 33.6 Å². The van der Waals surface area contributed by atoms with Crippen LogP contribution in [0, 0.1) is 0 Å². The minimum absolute atomic E-state index is 0. The number of pyridine rings is 1. The van der Waals surface area contributed by atoms with Crippen molar-refractivity contribution in [3.05, 3.63) is 36.5 Å². The first-order valence-electron chi connectivity index (χ1n) is 11.7. The number of benzene rings is 1. The molecule has 0 aliphatic carbocycles. The van der Waals surface area contributed by atoms with E-state index in [4.69, 9.17) is 19.4 Å². The van der Waals surface area contributed by atoms with E-state index in [1.165, 1.54) is 12.8 Å². The van der Waals surface area contributed by atoms with Crippen LogP contribution in [0.2, 0.25) is 0 Å². The van der Waals surface area contributed by atoms with Crippen LogP contribution in [-0.4, -0.2) is 59.0 Å². The Morgan fingerprint density at radius 3 is 2.55 bits per heavy atom. The van der Waals surface area contributed by atoms with Crippen LogP contribution < -0.4 is 15.0 Å². The SMILES string of the molecule is COc1cccc2nc(-c3ccc(N4[C@@H](C)CC[C@@H]4C)nc3)n(C[C@@H]3CNC[C@H](C)O3)c12.Cl. The molecule has 4 atom stereocenters. The number of hydrogen-bond donors (Lipinski definition) is 1. The van der Waals surface area contributed by atoms with Crippen LogP contribution in [0.3, 0.4) is 0 Å². The molecule has 5 rings (SSSR count). The van der Waals surface area contributed by atoms with Crippen LogP contribution in [-0.2, 0) is 11.3 Å². The molecule has 0 saturated carbocycles. The van der Waals surface area contributed by atoms with Crippen molar-refractivity contribution < 1.29 is 9.47 Å². The topological polar surface area (TPSA) is 64.4 Å². The van der Waals surface area contributed by atoms with Crippen molar-refractivity contribution in [2.45, 2.75) is 64.4 Å². The summed E-state index contributed by atoms with van der Waals surface area (Å²) in [5, 5.41) is 3.47. The van der Waals surface area contributed by atoms with Crippen molar-refractivity contribution >= 4 is 29.3 Å². The maximum absolute atomic E-state index is 6.21. The predicted octanol–water partition coefficient (Wildman–Crippen LogP) is 4.28. The maximum Gasteiger partial charge on any atom is 0.144 e. The number of rotatable bonds is 5. The Morgan fingerprint density at radius 2 is 1.88 bits per heavy atom. The van der Waals surface area contributed by atoms with Gasteiger partial charge in [0.2, 0.25) is 0 Å². The van der Waals surface area contributed by atoms with Gasteiger partial charge in [-0.15, -0.1) is 12.4 Å². The standard InChI is InChI=1S/C25H33N5O2.ClH/c1-16-8-9-17(2)30(16)23-11-10-19(13-27-23)25-28-21-6-5-7-22(31-4)24(21)29(25)15-20-14-26-12-18(3)32-20;/h5-7,10-11,13,16-18,20,26H,8-9,12,14-15H2,1-4H3;1H/t16-,17-,18-,20-;/m0./s1. The quantitative estimate of drug-likeness (QED) is 0.599. The van der Waals surface area contributed by atoms with E-state index in [-0.39, 0.29) is 24.6 Å². The number of ether oxygens (including phenoxy) is 2. The van der Waals surface area contributed by atoms with Gasteiger partial charge >= 0.3 is 0 Å². The second-order valence-electron chi connectivity index (χ2n) is 9.19. The number of morpholine rings is 1. The molecule has 1 aromatic carbocycles. The number of nitrogens with zero attached hydrogens (tertiary/aromatic N) is 4. The molecule has 0 spiro atoms. The normalized spacial score (nSPS) is 25.3. The number of hydrogen-bond acceptors (Lipinski definition) is 6. The highest BCUT2D eigenvalue weighted by atomic mass is 35.5. The number of para-hydroxylation sites is 1. The van der Waals surface area contributed by atoms with E-state index in [9.17, 15) is 0 Å². The molecule has 0 radical (unpaired) electrons. The van der Waals surface area contributed by atoms with Gasteiger partial charge in [-0.3, -0.25) is 0 Å². The maximum atomic E-state index is 6.21. The molecule has 0 amide bonds. The van der Waals surface area contributed by atoms with Gasteiger partial charge in [-0.1, -0.05) is 6.07 Å². The fourth-order valence-electron chi connectivity index (χ4n) is 5.22. The highest BCUT2D eigenvalue weighted by molar-refractivity contribution is 5.86. The first kappa shape index (κ1) is 23.8. The summed E-state index contributed by atoms with van der Waals surface area (Å²) >= 11 is 0. The second-order valence-corrected chi connectivity index (χ2v) is 9.19. The number of methoxy groups -OCH3 is 1. The molecule has 2 saturated heterocycles. The van der Waals surface area contributed by atoms with Crippen molar-refractivity contribution in [3.63, 3.8) is 0 Å². The van der Waals surface area contributed by atoms with Crippen LogP contribution in [0.4, 0.5) is 5.82 Å². The smallest absolute Gasteiger partial charge is 0.144 e. The number of imidazole rings is 1. The van der Waals surface area contributed by atoms with Crippen molar-refractivity contribution in [1.82, 2.24) is 19.9 Å². The molecule has 2 fully saturated rings. The summed E-state index contributed by atoms with van der Waals surface area (Å²) in [5.41, 5.74) is 2.92.